The van der Waals surface area contributed by atoms with E-state index in [-0.39, 0.29) is 29.6 Å². The van der Waals surface area contributed by atoms with Crippen molar-refractivity contribution in [3.8, 4) is 0 Å². The van der Waals surface area contributed by atoms with Gasteiger partial charge in [0.15, 0.2) is 0 Å². The zero-order valence-electron chi connectivity index (χ0n) is 13.8. The van der Waals surface area contributed by atoms with Crippen LogP contribution in [-0.2, 0) is 9.59 Å². The van der Waals surface area contributed by atoms with Crippen molar-refractivity contribution in [2.24, 2.45) is 0 Å². The van der Waals surface area contributed by atoms with Gasteiger partial charge in [-0.3, -0.25) is 19.3 Å². The van der Waals surface area contributed by atoms with E-state index in [1.54, 1.807) is 22.3 Å². The molecule has 2 saturated heterocycles. The minimum absolute atomic E-state index is 0.141. The lowest BCUT2D eigenvalue weighted by atomic mass is 10.0. The molecular formula is C17H20N2O3S2. The molecule has 1 aromatic rings. The Labute approximate surface area is 149 Å². The molecule has 0 radical (unpaired) electrons. The average molecular weight is 364 g/mol. The number of hydrogen-bond acceptors (Lipinski definition) is 5. The molecule has 3 rings (SSSR count). The molecule has 24 heavy (non-hydrogen) atoms. The van der Waals surface area contributed by atoms with Crippen molar-refractivity contribution in [2.75, 3.05) is 13.1 Å². The third-order valence-corrected chi connectivity index (χ3v) is 6.18. The molecule has 0 N–H and O–H groups in total. The number of thiophene rings is 1. The summed E-state index contributed by atoms with van der Waals surface area (Å²) in [5.41, 5.74) is 0. The summed E-state index contributed by atoms with van der Waals surface area (Å²) in [4.78, 5) is 42.4. The van der Waals surface area contributed by atoms with E-state index < -0.39 is 0 Å². The molecule has 2 aliphatic rings. The smallest absolute Gasteiger partial charge is 0.294 e. The lowest BCUT2D eigenvalue weighted by Gasteiger charge is -2.34. The minimum atomic E-state index is -0.367. The Morgan fingerprint density at radius 2 is 2.12 bits per heavy atom. The summed E-state index contributed by atoms with van der Waals surface area (Å²) in [6, 6.07) is 4.08. The fourth-order valence-corrected chi connectivity index (χ4v) is 4.72. The van der Waals surface area contributed by atoms with Crippen molar-refractivity contribution < 1.29 is 14.4 Å². The molecule has 2 fully saturated rings. The summed E-state index contributed by atoms with van der Waals surface area (Å²) >= 11 is 2.48. The van der Waals surface area contributed by atoms with Crippen LogP contribution in [0.1, 0.15) is 35.9 Å². The second-order valence-electron chi connectivity index (χ2n) is 6.15. The fraction of sp³-hybridized carbons (Fsp3) is 0.471. The lowest BCUT2D eigenvalue weighted by Crippen LogP contribution is -2.47. The second kappa shape index (κ2) is 7.11. The first-order valence-corrected chi connectivity index (χ1v) is 9.70. The monoisotopic (exact) mass is 364 g/mol. The number of likely N-dealkylation sites (tertiary alicyclic amines) is 1. The molecular weight excluding hydrogens is 344 g/mol. The molecule has 128 valence electrons. The summed E-state index contributed by atoms with van der Waals surface area (Å²) in [6.07, 6.45) is 4.81. The zero-order chi connectivity index (χ0) is 17.3. The number of aryl methyl sites for hydroxylation is 1. The molecule has 0 unspecified atom stereocenters. The number of thioether (sulfide) groups is 1. The van der Waals surface area contributed by atoms with E-state index in [0.717, 1.165) is 45.7 Å². The summed E-state index contributed by atoms with van der Waals surface area (Å²) in [5.74, 6) is -0.508. The van der Waals surface area contributed by atoms with E-state index in [1.165, 1.54) is 0 Å². The highest BCUT2D eigenvalue weighted by molar-refractivity contribution is 8.18. The van der Waals surface area contributed by atoms with Crippen molar-refractivity contribution in [3.63, 3.8) is 0 Å². The Bertz CT molecular complexity index is 710. The number of carbonyl (C=O) groups is 3. The van der Waals surface area contributed by atoms with Crippen LogP contribution in [0.25, 0.3) is 6.08 Å². The van der Waals surface area contributed by atoms with Gasteiger partial charge < -0.3 is 4.90 Å². The third kappa shape index (κ3) is 3.57. The SMILES string of the molecule is Cc1ccc(/C=C2\SC(=O)N(CC(=O)N3CCCC[C@H]3C)C2=O)s1. The van der Waals surface area contributed by atoms with Gasteiger partial charge in [0.1, 0.15) is 6.54 Å². The van der Waals surface area contributed by atoms with Crippen molar-refractivity contribution in [2.45, 2.75) is 39.2 Å². The van der Waals surface area contributed by atoms with Crippen LogP contribution in [0.2, 0.25) is 0 Å². The largest absolute Gasteiger partial charge is 0.338 e. The molecule has 0 saturated carbocycles. The van der Waals surface area contributed by atoms with E-state index in [4.69, 9.17) is 0 Å². The zero-order valence-corrected chi connectivity index (χ0v) is 15.4. The predicted octanol–water partition coefficient (Wildman–Crippen LogP) is 3.49. The van der Waals surface area contributed by atoms with Crippen LogP contribution < -0.4 is 0 Å². The molecule has 2 aliphatic heterocycles. The van der Waals surface area contributed by atoms with Gasteiger partial charge in [-0.1, -0.05) is 0 Å². The quantitative estimate of drug-likeness (QED) is 0.771. The molecule has 0 spiro atoms. The molecule has 3 amide bonds. The van der Waals surface area contributed by atoms with Crippen LogP contribution >= 0.6 is 23.1 Å². The van der Waals surface area contributed by atoms with Crippen LogP contribution in [0.15, 0.2) is 17.0 Å². The Kier molecular flexibility index (Phi) is 5.10. The van der Waals surface area contributed by atoms with Crippen molar-refractivity contribution in [1.29, 1.82) is 0 Å². The number of amides is 3. The Balaban J connectivity index is 1.70. The summed E-state index contributed by atoms with van der Waals surface area (Å²) in [6.45, 7) is 4.56. The highest BCUT2D eigenvalue weighted by Crippen LogP contribution is 2.33. The normalized spacial score (nSPS) is 23.4. The summed E-state index contributed by atoms with van der Waals surface area (Å²) in [7, 11) is 0. The van der Waals surface area contributed by atoms with Gasteiger partial charge in [-0.15, -0.1) is 11.3 Å². The van der Waals surface area contributed by atoms with Gasteiger partial charge in [-0.25, -0.2) is 0 Å². The van der Waals surface area contributed by atoms with E-state index >= 15 is 0 Å². The first kappa shape index (κ1) is 17.2. The van der Waals surface area contributed by atoms with E-state index in [0.29, 0.717) is 11.4 Å². The summed E-state index contributed by atoms with van der Waals surface area (Å²) in [5, 5.41) is -0.363. The fourth-order valence-electron chi connectivity index (χ4n) is 2.99. The molecule has 7 heteroatoms. The van der Waals surface area contributed by atoms with Gasteiger partial charge in [0.05, 0.1) is 4.91 Å². The molecule has 0 bridgehead atoms. The Hall–Kier alpha value is -1.60. The van der Waals surface area contributed by atoms with Crippen molar-refractivity contribution in [1.82, 2.24) is 9.80 Å². The predicted molar refractivity (Wildman–Crippen MR) is 96.8 cm³/mol. The Morgan fingerprint density at radius 1 is 1.33 bits per heavy atom. The van der Waals surface area contributed by atoms with Gasteiger partial charge in [0.2, 0.25) is 5.91 Å². The van der Waals surface area contributed by atoms with Gasteiger partial charge in [0.25, 0.3) is 11.1 Å². The van der Waals surface area contributed by atoms with Gasteiger partial charge >= 0.3 is 0 Å². The number of nitrogens with zero attached hydrogens (tertiary/aromatic N) is 2. The highest BCUT2D eigenvalue weighted by Gasteiger charge is 2.37. The third-order valence-electron chi connectivity index (χ3n) is 4.32. The maximum absolute atomic E-state index is 12.5. The van der Waals surface area contributed by atoms with Crippen LogP contribution in [0.4, 0.5) is 4.79 Å². The first-order valence-electron chi connectivity index (χ1n) is 8.07. The van der Waals surface area contributed by atoms with E-state index in [2.05, 4.69) is 0 Å². The molecule has 0 aliphatic carbocycles. The topological polar surface area (TPSA) is 57.7 Å². The number of rotatable bonds is 3. The van der Waals surface area contributed by atoms with Gasteiger partial charge in [-0.05, 0) is 63.1 Å². The molecule has 0 aromatic carbocycles. The number of piperidine rings is 1. The maximum Gasteiger partial charge on any atom is 0.294 e. The second-order valence-corrected chi connectivity index (χ2v) is 8.46. The van der Waals surface area contributed by atoms with Gasteiger partial charge in [-0.2, -0.15) is 0 Å². The van der Waals surface area contributed by atoms with Crippen LogP contribution in [0.3, 0.4) is 0 Å². The van der Waals surface area contributed by atoms with E-state index in [9.17, 15) is 14.4 Å². The number of hydrogen-bond donors (Lipinski definition) is 0. The number of carbonyl (C=O) groups excluding carboxylic acids is 3. The molecule has 1 aromatic heterocycles. The van der Waals surface area contributed by atoms with Crippen LogP contribution in [0, 0.1) is 6.92 Å². The molecule has 5 nitrogen and oxygen atoms in total. The maximum atomic E-state index is 12.5. The molecule has 3 heterocycles. The van der Waals surface area contributed by atoms with E-state index in [1.807, 2.05) is 26.0 Å². The average Bonchev–Trinajstić information content (AvgIpc) is 3.06. The van der Waals surface area contributed by atoms with Crippen LogP contribution in [-0.4, -0.2) is 46.0 Å². The Morgan fingerprint density at radius 3 is 2.79 bits per heavy atom. The standard InChI is InChI=1S/C17H20N2O3S2/c1-11-5-3-4-8-18(11)15(20)10-19-16(21)14(24-17(19)22)9-13-7-6-12(2)23-13/h6-7,9,11H,3-5,8,10H2,1-2H3/b14-9-/t11-/m1/s1. The molecule has 1 atom stereocenters. The summed E-state index contributed by atoms with van der Waals surface area (Å²) < 4.78 is 0. The van der Waals surface area contributed by atoms with Gasteiger partial charge in [0, 0.05) is 22.3 Å². The lowest BCUT2D eigenvalue weighted by molar-refractivity contribution is -0.138. The van der Waals surface area contributed by atoms with Crippen LogP contribution in [0.5, 0.6) is 0 Å². The van der Waals surface area contributed by atoms with Crippen molar-refractivity contribution in [3.05, 3.63) is 26.8 Å². The van der Waals surface area contributed by atoms with Crippen molar-refractivity contribution >= 4 is 46.2 Å². The number of imide groups is 1. The minimum Gasteiger partial charge on any atom is -0.338 e. The highest BCUT2D eigenvalue weighted by atomic mass is 32.2. The first-order chi connectivity index (χ1) is 11.5.